The Morgan fingerprint density at radius 3 is 2.69 bits per heavy atom. The van der Waals surface area contributed by atoms with E-state index in [0.717, 1.165) is 21.6 Å². The fraction of sp³-hybridized carbons (Fsp3) is 0.714. The van der Waals surface area contributed by atoms with Crippen LogP contribution in [0.4, 0.5) is 0 Å². The van der Waals surface area contributed by atoms with Crippen molar-refractivity contribution in [2.24, 2.45) is 5.73 Å². The first kappa shape index (κ1) is 11.3. The molecule has 0 aliphatic heterocycles. The van der Waals surface area contributed by atoms with Crippen LogP contribution in [0.15, 0.2) is 8.68 Å². The molecular weight excluding hydrogens is 222 g/mol. The summed E-state index contributed by atoms with van der Waals surface area (Å²) in [7, 11) is 0. The summed E-state index contributed by atoms with van der Waals surface area (Å²) in [5.41, 5.74) is 5.46. The maximum Gasteiger partial charge on any atom is 0.175 e. The van der Waals surface area contributed by atoms with Crippen LogP contribution < -0.4 is 5.73 Å². The third kappa shape index (κ3) is 3.84. The molecule has 0 aliphatic carbocycles. The van der Waals surface area contributed by atoms with Gasteiger partial charge in [0.2, 0.25) is 0 Å². The van der Waals surface area contributed by atoms with Gasteiger partial charge in [0.05, 0.1) is 0 Å². The molecule has 1 aromatic heterocycles. The Labute approximate surface area is 90.9 Å². The lowest BCUT2D eigenvalue weighted by Gasteiger charge is -2.04. The van der Waals surface area contributed by atoms with Crippen molar-refractivity contribution in [3.8, 4) is 0 Å². The van der Waals surface area contributed by atoms with E-state index in [1.165, 1.54) is 0 Å². The topological polar surface area (TPSA) is 51.8 Å². The van der Waals surface area contributed by atoms with E-state index in [2.05, 4.69) is 17.1 Å². The summed E-state index contributed by atoms with van der Waals surface area (Å²) in [6.07, 6.45) is 3.04. The van der Waals surface area contributed by atoms with Gasteiger partial charge in [-0.15, -0.1) is 10.2 Å². The van der Waals surface area contributed by atoms with Crippen LogP contribution in [0.2, 0.25) is 0 Å². The number of hydrogen-bond acceptors (Lipinski definition) is 6. The first-order chi connectivity index (χ1) is 6.26. The second-order valence-electron chi connectivity index (χ2n) is 2.54. The van der Waals surface area contributed by atoms with Crippen LogP contribution in [0.1, 0.15) is 13.3 Å². The van der Waals surface area contributed by atoms with E-state index in [4.69, 9.17) is 5.73 Å². The van der Waals surface area contributed by atoms with Gasteiger partial charge in [-0.05, 0) is 19.2 Å². The Morgan fingerprint density at radius 2 is 2.15 bits per heavy atom. The number of rotatable bonds is 5. The van der Waals surface area contributed by atoms with Gasteiger partial charge in [0.15, 0.2) is 8.68 Å². The Morgan fingerprint density at radius 1 is 1.46 bits per heavy atom. The molecule has 0 aromatic carbocycles. The largest absolute Gasteiger partial charge is 0.330 e. The first-order valence-corrected chi connectivity index (χ1v) is 6.92. The summed E-state index contributed by atoms with van der Waals surface area (Å²) >= 11 is 5.04. The van der Waals surface area contributed by atoms with Gasteiger partial charge in [0.1, 0.15) is 0 Å². The van der Waals surface area contributed by atoms with Gasteiger partial charge in [-0.25, -0.2) is 0 Å². The molecule has 1 rings (SSSR count). The minimum absolute atomic E-state index is 0.535. The standard InChI is InChI=1S/C7H13N3S3/c1-5(3-4-8)12-7-10-9-6(11-2)13-7/h5H,3-4,8H2,1-2H3. The maximum atomic E-state index is 5.46. The molecule has 2 N–H and O–H groups in total. The van der Waals surface area contributed by atoms with E-state index in [1.54, 1.807) is 34.9 Å². The lowest BCUT2D eigenvalue weighted by atomic mass is 10.3. The zero-order chi connectivity index (χ0) is 9.68. The number of thioether (sulfide) groups is 2. The smallest absolute Gasteiger partial charge is 0.175 e. The second-order valence-corrected chi connectivity index (χ2v) is 6.26. The van der Waals surface area contributed by atoms with E-state index >= 15 is 0 Å². The molecule has 0 radical (unpaired) electrons. The van der Waals surface area contributed by atoms with Crippen LogP contribution in [0, 0.1) is 0 Å². The van der Waals surface area contributed by atoms with Crippen LogP contribution in [0.3, 0.4) is 0 Å². The molecule has 0 spiro atoms. The third-order valence-electron chi connectivity index (χ3n) is 1.44. The van der Waals surface area contributed by atoms with Crippen molar-refractivity contribution in [2.45, 2.75) is 27.3 Å². The zero-order valence-corrected chi connectivity index (χ0v) is 10.1. The first-order valence-electron chi connectivity index (χ1n) is 4.00. The van der Waals surface area contributed by atoms with Crippen LogP contribution in [0.25, 0.3) is 0 Å². The number of hydrogen-bond donors (Lipinski definition) is 1. The van der Waals surface area contributed by atoms with E-state index in [9.17, 15) is 0 Å². The summed E-state index contributed by atoms with van der Waals surface area (Å²) in [5.74, 6) is 0. The second kappa shape index (κ2) is 5.85. The minimum atomic E-state index is 0.535. The molecule has 0 aliphatic rings. The normalized spacial score (nSPS) is 13.2. The van der Waals surface area contributed by atoms with Crippen molar-refractivity contribution in [2.75, 3.05) is 12.8 Å². The van der Waals surface area contributed by atoms with Crippen molar-refractivity contribution in [3.05, 3.63) is 0 Å². The SMILES string of the molecule is CSc1nnc(SC(C)CCN)s1. The average Bonchev–Trinajstić information content (AvgIpc) is 2.52. The van der Waals surface area contributed by atoms with Crippen molar-refractivity contribution in [3.63, 3.8) is 0 Å². The number of nitrogens with two attached hydrogens (primary N) is 1. The van der Waals surface area contributed by atoms with Crippen molar-refractivity contribution < 1.29 is 0 Å². The summed E-state index contributed by atoms with van der Waals surface area (Å²) in [5, 5.41) is 8.64. The van der Waals surface area contributed by atoms with Crippen molar-refractivity contribution in [1.82, 2.24) is 10.2 Å². The summed E-state index contributed by atoms with van der Waals surface area (Å²) in [4.78, 5) is 0. The zero-order valence-electron chi connectivity index (χ0n) is 7.69. The molecule has 0 saturated carbocycles. The fourth-order valence-corrected chi connectivity index (χ4v) is 3.56. The van der Waals surface area contributed by atoms with Gasteiger partial charge in [0, 0.05) is 5.25 Å². The molecule has 13 heavy (non-hydrogen) atoms. The molecule has 1 unspecified atom stereocenters. The summed E-state index contributed by atoms with van der Waals surface area (Å²) in [6, 6.07) is 0. The highest BCUT2D eigenvalue weighted by molar-refractivity contribution is 8.03. The Kier molecular flexibility index (Phi) is 5.08. The van der Waals surface area contributed by atoms with Crippen LogP contribution >= 0.6 is 34.9 Å². The van der Waals surface area contributed by atoms with Crippen LogP contribution in [-0.2, 0) is 0 Å². The predicted octanol–water partition coefficient (Wildman–Crippen LogP) is 2.09. The highest BCUT2D eigenvalue weighted by Gasteiger charge is 2.08. The van der Waals surface area contributed by atoms with Crippen molar-refractivity contribution >= 4 is 34.9 Å². The molecule has 6 heteroatoms. The Balaban J connectivity index is 2.44. The van der Waals surface area contributed by atoms with E-state index in [1.807, 2.05) is 6.26 Å². The van der Waals surface area contributed by atoms with Gasteiger partial charge in [0.25, 0.3) is 0 Å². The molecule has 0 saturated heterocycles. The number of aromatic nitrogens is 2. The third-order valence-corrected chi connectivity index (χ3v) is 4.59. The molecule has 74 valence electrons. The molecule has 0 fully saturated rings. The maximum absolute atomic E-state index is 5.46. The van der Waals surface area contributed by atoms with E-state index in [-0.39, 0.29) is 0 Å². The lowest BCUT2D eigenvalue weighted by Crippen LogP contribution is -2.06. The van der Waals surface area contributed by atoms with Gasteiger partial charge in [-0.1, -0.05) is 41.8 Å². The summed E-state index contributed by atoms with van der Waals surface area (Å²) in [6.45, 7) is 2.90. The summed E-state index contributed by atoms with van der Waals surface area (Å²) < 4.78 is 2.08. The molecule has 0 amide bonds. The Hall–Kier alpha value is 0.220. The monoisotopic (exact) mass is 235 g/mol. The predicted molar refractivity (Wildman–Crippen MR) is 60.7 cm³/mol. The molecular formula is C7H13N3S3. The molecule has 1 atom stereocenters. The molecule has 1 heterocycles. The van der Waals surface area contributed by atoms with E-state index in [0.29, 0.717) is 5.25 Å². The van der Waals surface area contributed by atoms with Crippen LogP contribution in [0.5, 0.6) is 0 Å². The lowest BCUT2D eigenvalue weighted by molar-refractivity contribution is 0.820. The number of nitrogens with zero attached hydrogens (tertiary/aromatic N) is 2. The van der Waals surface area contributed by atoms with Gasteiger partial charge < -0.3 is 5.73 Å². The van der Waals surface area contributed by atoms with E-state index < -0.39 is 0 Å². The minimum Gasteiger partial charge on any atom is -0.330 e. The van der Waals surface area contributed by atoms with Gasteiger partial charge in [-0.3, -0.25) is 0 Å². The molecule has 0 bridgehead atoms. The van der Waals surface area contributed by atoms with Crippen molar-refractivity contribution in [1.29, 1.82) is 0 Å². The van der Waals surface area contributed by atoms with Crippen LogP contribution in [-0.4, -0.2) is 28.2 Å². The highest BCUT2D eigenvalue weighted by atomic mass is 32.2. The quantitative estimate of drug-likeness (QED) is 0.792. The average molecular weight is 235 g/mol. The fourth-order valence-electron chi connectivity index (χ4n) is 0.793. The molecule has 1 aromatic rings. The Bertz CT molecular complexity index is 251. The molecule has 3 nitrogen and oxygen atoms in total. The van der Waals surface area contributed by atoms with Gasteiger partial charge in [-0.2, -0.15) is 0 Å². The highest BCUT2D eigenvalue weighted by Crippen LogP contribution is 2.30. The van der Waals surface area contributed by atoms with Gasteiger partial charge >= 0.3 is 0 Å².